The van der Waals surface area contributed by atoms with E-state index in [0.717, 1.165) is 6.54 Å². The summed E-state index contributed by atoms with van der Waals surface area (Å²) in [6, 6.07) is 25.9. The van der Waals surface area contributed by atoms with Crippen molar-refractivity contribution in [2.45, 2.75) is 25.7 Å². The molecule has 0 amide bonds. The number of unbranched alkanes of at least 4 members (excludes halogenated alkanes) is 2. The van der Waals surface area contributed by atoms with Gasteiger partial charge in [-0.1, -0.05) is 67.1 Å². The maximum Gasteiger partial charge on any atom is 0.0346 e. The van der Waals surface area contributed by atoms with Gasteiger partial charge in [-0.15, -0.1) is 0 Å². The van der Waals surface area contributed by atoms with Crippen molar-refractivity contribution in [3.8, 4) is 0 Å². The lowest BCUT2D eigenvalue weighted by atomic mass is 10.1. The van der Waals surface area contributed by atoms with Gasteiger partial charge in [0, 0.05) is 12.2 Å². The lowest BCUT2D eigenvalue weighted by Gasteiger charge is -2.08. The Kier molecular flexibility index (Phi) is 5.09. The fraction of sp³-hybridized carbons (Fsp3) is 0.238. The first-order chi connectivity index (χ1) is 10.9. The molecule has 0 unspecified atom stereocenters. The van der Waals surface area contributed by atoms with Crippen LogP contribution in [0.4, 0.5) is 5.69 Å². The zero-order valence-corrected chi connectivity index (χ0v) is 13.0. The molecule has 0 spiro atoms. The molecule has 1 N–H and O–H groups in total. The summed E-state index contributed by atoms with van der Waals surface area (Å²) in [6.07, 6.45) is 4.95. The van der Waals surface area contributed by atoms with Crippen molar-refractivity contribution in [1.29, 1.82) is 0 Å². The molecule has 0 aromatic heterocycles. The Morgan fingerprint density at radius 3 is 2.27 bits per heavy atom. The summed E-state index contributed by atoms with van der Waals surface area (Å²) < 4.78 is 0. The van der Waals surface area contributed by atoms with E-state index in [2.05, 4.69) is 78.1 Å². The molecule has 0 saturated carbocycles. The number of hydrogen-bond donors (Lipinski definition) is 1. The average molecular weight is 289 g/mol. The van der Waals surface area contributed by atoms with Gasteiger partial charge in [0.25, 0.3) is 0 Å². The molecule has 0 radical (unpaired) electrons. The SMILES string of the molecule is c1ccc(CCCCCNc2ccc3ccccc3c2)cc1. The van der Waals surface area contributed by atoms with E-state index in [1.165, 1.54) is 47.7 Å². The Labute approximate surface area is 133 Å². The molecule has 3 aromatic rings. The minimum Gasteiger partial charge on any atom is -0.385 e. The summed E-state index contributed by atoms with van der Waals surface area (Å²) in [6.45, 7) is 1.05. The fourth-order valence-electron chi connectivity index (χ4n) is 2.81. The van der Waals surface area contributed by atoms with Crippen LogP contribution in [0.5, 0.6) is 0 Å². The first-order valence-corrected chi connectivity index (χ1v) is 8.18. The van der Waals surface area contributed by atoms with E-state index >= 15 is 0 Å². The van der Waals surface area contributed by atoms with Crippen molar-refractivity contribution in [3.05, 3.63) is 78.4 Å². The molecule has 22 heavy (non-hydrogen) atoms. The number of hydrogen-bond acceptors (Lipinski definition) is 1. The van der Waals surface area contributed by atoms with Gasteiger partial charge in [-0.05, 0) is 47.7 Å². The van der Waals surface area contributed by atoms with Crippen LogP contribution in [0.1, 0.15) is 24.8 Å². The van der Waals surface area contributed by atoms with Gasteiger partial charge in [0.1, 0.15) is 0 Å². The van der Waals surface area contributed by atoms with Gasteiger partial charge in [-0.25, -0.2) is 0 Å². The van der Waals surface area contributed by atoms with Crippen LogP contribution in [0.15, 0.2) is 72.8 Å². The molecule has 1 nitrogen and oxygen atoms in total. The van der Waals surface area contributed by atoms with Gasteiger partial charge in [-0.2, -0.15) is 0 Å². The van der Waals surface area contributed by atoms with E-state index in [9.17, 15) is 0 Å². The maximum absolute atomic E-state index is 3.54. The minimum atomic E-state index is 1.05. The van der Waals surface area contributed by atoms with E-state index in [0.29, 0.717) is 0 Å². The number of anilines is 1. The quantitative estimate of drug-likeness (QED) is 0.553. The highest BCUT2D eigenvalue weighted by Gasteiger charge is 1.96. The second-order valence-corrected chi connectivity index (χ2v) is 5.78. The number of nitrogens with one attached hydrogen (secondary N) is 1. The Morgan fingerprint density at radius 1 is 0.636 bits per heavy atom. The van der Waals surface area contributed by atoms with Gasteiger partial charge in [0.05, 0.1) is 0 Å². The number of fused-ring (bicyclic) bond motifs is 1. The monoisotopic (exact) mass is 289 g/mol. The van der Waals surface area contributed by atoms with Gasteiger partial charge in [0.15, 0.2) is 0 Å². The Hall–Kier alpha value is -2.28. The molecule has 0 aliphatic carbocycles. The van der Waals surface area contributed by atoms with E-state index < -0.39 is 0 Å². The minimum absolute atomic E-state index is 1.05. The number of aryl methyl sites for hydroxylation is 1. The van der Waals surface area contributed by atoms with Gasteiger partial charge in [-0.3, -0.25) is 0 Å². The molecule has 0 heterocycles. The third-order valence-electron chi connectivity index (χ3n) is 4.06. The molecule has 3 aromatic carbocycles. The number of rotatable bonds is 7. The molecule has 3 rings (SSSR count). The highest BCUT2D eigenvalue weighted by atomic mass is 14.9. The predicted molar refractivity (Wildman–Crippen MR) is 96.4 cm³/mol. The predicted octanol–water partition coefficient (Wildman–Crippen LogP) is 5.66. The van der Waals surface area contributed by atoms with Crippen LogP contribution in [-0.4, -0.2) is 6.54 Å². The summed E-state index contributed by atoms with van der Waals surface area (Å²) in [5.74, 6) is 0. The van der Waals surface area contributed by atoms with E-state index in [-0.39, 0.29) is 0 Å². The summed E-state index contributed by atoms with van der Waals surface area (Å²) in [4.78, 5) is 0. The second kappa shape index (κ2) is 7.65. The summed E-state index contributed by atoms with van der Waals surface area (Å²) in [5.41, 5.74) is 2.67. The molecule has 1 heteroatoms. The lowest BCUT2D eigenvalue weighted by molar-refractivity contribution is 0.698. The third kappa shape index (κ3) is 4.11. The zero-order chi connectivity index (χ0) is 15.0. The zero-order valence-electron chi connectivity index (χ0n) is 13.0. The van der Waals surface area contributed by atoms with E-state index in [4.69, 9.17) is 0 Å². The highest BCUT2D eigenvalue weighted by Crippen LogP contribution is 2.18. The van der Waals surface area contributed by atoms with Crippen LogP contribution in [-0.2, 0) is 6.42 Å². The van der Waals surface area contributed by atoms with Crippen LogP contribution in [0.3, 0.4) is 0 Å². The van der Waals surface area contributed by atoms with E-state index in [1.807, 2.05) is 0 Å². The summed E-state index contributed by atoms with van der Waals surface area (Å²) in [5, 5.41) is 6.14. The summed E-state index contributed by atoms with van der Waals surface area (Å²) >= 11 is 0. The van der Waals surface area contributed by atoms with E-state index in [1.54, 1.807) is 0 Å². The van der Waals surface area contributed by atoms with Crippen LogP contribution >= 0.6 is 0 Å². The number of benzene rings is 3. The Bertz CT molecular complexity index is 703. The largest absolute Gasteiger partial charge is 0.385 e. The Morgan fingerprint density at radius 2 is 1.41 bits per heavy atom. The van der Waals surface area contributed by atoms with Crippen molar-refractivity contribution in [2.75, 3.05) is 11.9 Å². The fourth-order valence-corrected chi connectivity index (χ4v) is 2.81. The van der Waals surface area contributed by atoms with Crippen molar-refractivity contribution < 1.29 is 0 Å². The molecule has 0 bridgehead atoms. The van der Waals surface area contributed by atoms with Gasteiger partial charge >= 0.3 is 0 Å². The maximum atomic E-state index is 3.54. The van der Waals surface area contributed by atoms with Crippen molar-refractivity contribution in [3.63, 3.8) is 0 Å². The van der Waals surface area contributed by atoms with Crippen LogP contribution < -0.4 is 5.32 Å². The second-order valence-electron chi connectivity index (χ2n) is 5.78. The first-order valence-electron chi connectivity index (χ1n) is 8.18. The smallest absolute Gasteiger partial charge is 0.0346 e. The van der Waals surface area contributed by atoms with Crippen molar-refractivity contribution in [2.24, 2.45) is 0 Å². The lowest BCUT2D eigenvalue weighted by Crippen LogP contribution is -2.01. The van der Waals surface area contributed by atoms with Gasteiger partial charge < -0.3 is 5.32 Å². The van der Waals surface area contributed by atoms with Crippen molar-refractivity contribution >= 4 is 16.5 Å². The van der Waals surface area contributed by atoms with Gasteiger partial charge in [0.2, 0.25) is 0 Å². The normalized spacial score (nSPS) is 10.7. The molecular formula is C21H23N. The topological polar surface area (TPSA) is 12.0 Å². The molecule has 0 atom stereocenters. The molecule has 112 valence electrons. The first kappa shape index (κ1) is 14.6. The Balaban J connectivity index is 1.39. The highest BCUT2D eigenvalue weighted by molar-refractivity contribution is 5.85. The summed E-state index contributed by atoms with van der Waals surface area (Å²) in [7, 11) is 0. The average Bonchev–Trinajstić information content (AvgIpc) is 2.59. The van der Waals surface area contributed by atoms with Crippen LogP contribution in [0.25, 0.3) is 10.8 Å². The molecule has 0 fully saturated rings. The van der Waals surface area contributed by atoms with Crippen molar-refractivity contribution in [1.82, 2.24) is 0 Å². The molecule has 0 aliphatic heterocycles. The molecular weight excluding hydrogens is 266 g/mol. The van der Waals surface area contributed by atoms with Crippen LogP contribution in [0.2, 0.25) is 0 Å². The molecule has 0 saturated heterocycles. The third-order valence-corrected chi connectivity index (χ3v) is 4.06. The molecule has 0 aliphatic rings. The standard InChI is InChI=1S/C21H23N/c1-3-9-18(10-4-1)11-5-2-8-16-22-21-15-14-19-12-6-7-13-20(19)17-21/h1,3-4,6-7,9-10,12-15,17,22H,2,5,8,11,16H2. The van der Waals surface area contributed by atoms with Crippen LogP contribution in [0, 0.1) is 0 Å².